The molecule has 0 spiro atoms. The van der Waals surface area contributed by atoms with Gasteiger partial charge < -0.3 is 4.74 Å². The summed E-state index contributed by atoms with van der Waals surface area (Å²) in [6, 6.07) is 6.01. The molecule has 1 aromatic carbocycles. The Bertz CT molecular complexity index is 667. The van der Waals surface area contributed by atoms with Crippen molar-refractivity contribution in [2.45, 2.75) is 6.61 Å². The monoisotopic (exact) mass is 376 g/mol. The Hall–Kier alpha value is -1.37. The van der Waals surface area contributed by atoms with E-state index in [1.54, 1.807) is 12.1 Å². The number of nitro groups is 1. The Morgan fingerprint density at radius 1 is 1.30 bits per heavy atom. The Labute approximate surface area is 132 Å². The molecular formula is C12H7BrCl2N2O3. The lowest BCUT2D eigenvalue weighted by atomic mass is 10.3. The van der Waals surface area contributed by atoms with Crippen LogP contribution in [0.3, 0.4) is 0 Å². The second kappa shape index (κ2) is 6.39. The molecule has 0 radical (unpaired) electrons. The number of rotatable bonds is 4. The van der Waals surface area contributed by atoms with Crippen LogP contribution in [-0.4, -0.2) is 9.91 Å². The molecule has 0 aliphatic heterocycles. The molecule has 0 saturated heterocycles. The van der Waals surface area contributed by atoms with E-state index in [1.165, 1.54) is 18.3 Å². The summed E-state index contributed by atoms with van der Waals surface area (Å²) in [5.74, 6) is 0.0983. The standard InChI is InChI=1S/C12H7BrCl2N2O3/c13-10-4-8(15)5-11(17(18)19)12(10)20-6-9-3-7(14)1-2-16-9/h1-5H,6H2. The van der Waals surface area contributed by atoms with Crippen molar-refractivity contribution < 1.29 is 9.66 Å². The highest BCUT2D eigenvalue weighted by Gasteiger charge is 2.20. The van der Waals surface area contributed by atoms with Gasteiger partial charge in [-0.25, -0.2) is 0 Å². The van der Waals surface area contributed by atoms with Crippen LogP contribution in [0, 0.1) is 10.1 Å². The molecular weight excluding hydrogens is 371 g/mol. The van der Waals surface area contributed by atoms with Crippen molar-refractivity contribution in [2.24, 2.45) is 0 Å². The van der Waals surface area contributed by atoms with Gasteiger partial charge in [0.2, 0.25) is 5.75 Å². The fourth-order valence-electron chi connectivity index (χ4n) is 1.50. The zero-order valence-electron chi connectivity index (χ0n) is 9.85. The van der Waals surface area contributed by atoms with E-state index in [-0.39, 0.29) is 23.1 Å². The van der Waals surface area contributed by atoms with E-state index < -0.39 is 4.92 Å². The van der Waals surface area contributed by atoms with Gasteiger partial charge >= 0.3 is 5.69 Å². The van der Waals surface area contributed by atoms with Crippen LogP contribution in [0.4, 0.5) is 5.69 Å². The predicted molar refractivity (Wildman–Crippen MR) is 79.4 cm³/mol. The van der Waals surface area contributed by atoms with E-state index in [4.69, 9.17) is 27.9 Å². The van der Waals surface area contributed by atoms with Crippen molar-refractivity contribution in [3.8, 4) is 5.75 Å². The second-order valence-electron chi connectivity index (χ2n) is 3.75. The molecule has 0 atom stereocenters. The van der Waals surface area contributed by atoms with Crippen LogP contribution in [-0.2, 0) is 6.61 Å². The van der Waals surface area contributed by atoms with E-state index in [0.717, 1.165) is 0 Å². The van der Waals surface area contributed by atoms with Crippen LogP contribution in [0.5, 0.6) is 5.75 Å². The van der Waals surface area contributed by atoms with Crippen LogP contribution in [0.1, 0.15) is 5.69 Å². The number of hydrogen-bond acceptors (Lipinski definition) is 4. The van der Waals surface area contributed by atoms with Crippen molar-refractivity contribution in [3.63, 3.8) is 0 Å². The fraction of sp³-hybridized carbons (Fsp3) is 0.0833. The molecule has 1 heterocycles. The van der Waals surface area contributed by atoms with E-state index in [9.17, 15) is 10.1 Å². The number of aromatic nitrogens is 1. The average molecular weight is 378 g/mol. The molecule has 1 aromatic heterocycles. The minimum Gasteiger partial charge on any atom is -0.480 e. The number of nitrogens with zero attached hydrogens (tertiary/aromatic N) is 2. The maximum Gasteiger partial charge on any atom is 0.313 e. The molecule has 0 fully saturated rings. The molecule has 0 aliphatic rings. The molecule has 0 saturated carbocycles. The van der Waals surface area contributed by atoms with Crippen LogP contribution in [0.2, 0.25) is 10.0 Å². The summed E-state index contributed by atoms with van der Waals surface area (Å²) in [6.45, 7) is 0.0572. The largest absolute Gasteiger partial charge is 0.480 e. The lowest BCUT2D eigenvalue weighted by Gasteiger charge is -2.09. The van der Waals surface area contributed by atoms with Gasteiger partial charge in [0, 0.05) is 22.3 Å². The van der Waals surface area contributed by atoms with Gasteiger partial charge in [0.05, 0.1) is 15.1 Å². The van der Waals surface area contributed by atoms with E-state index in [0.29, 0.717) is 15.2 Å². The maximum absolute atomic E-state index is 11.0. The van der Waals surface area contributed by atoms with Crippen molar-refractivity contribution in [3.05, 3.63) is 60.8 Å². The molecule has 2 rings (SSSR count). The van der Waals surface area contributed by atoms with Gasteiger partial charge in [-0.2, -0.15) is 0 Å². The summed E-state index contributed by atoms with van der Waals surface area (Å²) in [4.78, 5) is 14.5. The highest BCUT2D eigenvalue weighted by Crippen LogP contribution is 2.38. The Morgan fingerprint density at radius 2 is 2.05 bits per heavy atom. The van der Waals surface area contributed by atoms with Crippen LogP contribution >= 0.6 is 39.1 Å². The van der Waals surface area contributed by atoms with Crippen LogP contribution < -0.4 is 4.74 Å². The average Bonchev–Trinajstić information content (AvgIpc) is 2.36. The van der Waals surface area contributed by atoms with Crippen LogP contribution in [0.25, 0.3) is 0 Å². The third-order valence-corrected chi connectivity index (χ3v) is 3.37. The first kappa shape index (κ1) is 15.0. The summed E-state index contributed by atoms with van der Waals surface area (Å²) in [5, 5.41) is 11.8. The number of pyridine rings is 1. The highest BCUT2D eigenvalue weighted by atomic mass is 79.9. The Kier molecular flexibility index (Phi) is 4.80. The lowest BCUT2D eigenvalue weighted by Crippen LogP contribution is -2.01. The SMILES string of the molecule is O=[N+]([O-])c1cc(Cl)cc(Br)c1OCc1cc(Cl)ccn1. The Balaban J connectivity index is 2.27. The number of nitro benzene ring substituents is 1. The quantitative estimate of drug-likeness (QED) is 0.575. The van der Waals surface area contributed by atoms with Crippen molar-refractivity contribution in [1.82, 2.24) is 4.98 Å². The van der Waals surface area contributed by atoms with Gasteiger partial charge in [-0.3, -0.25) is 15.1 Å². The molecule has 2 aromatic rings. The molecule has 104 valence electrons. The first-order valence-corrected chi connectivity index (χ1v) is 6.89. The molecule has 0 aliphatic carbocycles. The molecule has 20 heavy (non-hydrogen) atoms. The zero-order chi connectivity index (χ0) is 14.7. The van der Waals surface area contributed by atoms with Gasteiger partial charge in [0.15, 0.2) is 0 Å². The summed E-state index contributed by atoms with van der Waals surface area (Å²) < 4.78 is 5.86. The first-order chi connectivity index (χ1) is 9.47. The molecule has 0 amide bonds. The zero-order valence-corrected chi connectivity index (χ0v) is 12.9. The number of benzene rings is 1. The molecule has 5 nitrogen and oxygen atoms in total. The minimum absolute atomic E-state index is 0.0572. The molecule has 0 bridgehead atoms. The van der Waals surface area contributed by atoms with Gasteiger partial charge in [-0.05, 0) is 34.1 Å². The normalized spacial score (nSPS) is 10.3. The van der Waals surface area contributed by atoms with Gasteiger partial charge in [-0.15, -0.1) is 0 Å². The molecule has 0 N–H and O–H groups in total. The fourth-order valence-corrected chi connectivity index (χ4v) is 2.59. The number of hydrogen-bond donors (Lipinski definition) is 0. The van der Waals surface area contributed by atoms with Crippen LogP contribution in [0.15, 0.2) is 34.9 Å². The molecule has 8 heteroatoms. The van der Waals surface area contributed by atoms with Gasteiger partial charge in [0.25, 0.3) is 0 Å². The number of halogens is 3. The summed E-state index contributed by atoms with van der Waals surface area (Å²) in [6.07, 6.45) is 1.53. The highest BCUT2D eigenvalue weighted by molar-refractivity contribution is 9.10. The van der Waals surface area contributed by atoms with Gasteiger partial charge in [-0.1, -0.05) is 23.2 Å². The van der Waals surface area contributed by atoms with E-state index >= 15 is 0 Å². The summed E-state index contributed by atoms with van der Waals surface area (Å²) >= 11 is 14.8. The summed E-state index contributed by atoms with van der Waals surface area (Å²) in [5.41, 5.74) is 0.347. The Morgan fingerprint density at radius 3 is 2.70 bits per heavy atom. The topological polar surface area (TPSA) is 65.3 Å². The maximum atomic E-state index is 11.0. The minimum atomic E-state index is -0.558. The predicted octanol–water partition coefficient (Wildman–Crippen LogP) is 4.64. The summed E-state index contributed by atoms with van der Waals surface area (Å²) in [7, 11) is 0. The first-order valence-electron chi connectivity index (χ1n) is 5.34. The molecule has 0 unspecified atom stereocenters. The lowest BCUT2D eigenvalue weighted by molar-refractivity contribution is -0.386. The van der Waals surface area contributed by atoms with Gasteiger partial charge in [0.1, 0.15) is 6.61 Å². The third-order valence-electron chi connectivity index (χ3n) is 2.33. The van der Waals surface area contributed by atoms with Crippen molar-refractivity contribution >= 4 is 44.8 Å². The third kappa shape index (κ3) is 3.59. The number of ether oxygens (including phenoxy) is 1. The van der Waals surface area contributed by atoms with Crippen molar-refractivity contribution in [1.29, 1.82) is 0 Å². The smallest absolute Gasteiger partial charge is 0.313 e. The van der Waals surface area contributed by atoms with E-state index in [1.807, 2.05) is 0 Å². The second-order valence-corrected chi connectivity index (χ2v) is 5.47. The van der Waals surface area contributed by atoms with Crippen molar-refractivity contribution in [2.75, 3.05) is 0 Å². The van der Waals surface area contributed by atoms with E-state index in [2.05, 4.69) is 20.9 Å².